The fourth-order valence-corrected chi connectivity index (χ4v) is 4.47. The molecular weight excluding hydrogens is 388 g/mol. The highest BCUT2D eigenvalue weighted by molar-refractivity contribution is 5.90. The summed E-state index contributed by atoms with van der Waals surface area (Å²) in [6.45, 7) is 2.56. The number of hydrogen-bond donors (Lipinski definition) is 1. The average molecular weight is 415 g/mol. The third-order valence-corrected chi connectivity index (χ3v) is 6.09. The van der Waals surface area contributed by atoms with Crippen LogP contribution in [0.25, 0.3) is 0 Å². The Morgan fingerprint density at radius 1 is 0.935 bits per heavy atom. The number of rotatable bonds is 5. The lowest BCUT2D eigenvalue weighted by Crippen LogP contribution is -2.49. The van der Waals surface area contributed by atoms with Gasteiger partial charge in [0, 0.05) is 7.11 Å². The number of amidine groups is 1. The Bertz CT molecular complexity index is 1070. The predicted octanol–water partition coefficient (Wildman–Crippen LogP) is 4.50. The Kier molecular flexibility index (Phi) is 5.12. The molecule has 5 nitrogen and oxygen atoms in total. The molecule has 0 saturated carbocycles. The van der Waals surface area contributed by atoms with Crippen molar-refractivity contribution < 1.29 is 14.2 Å². The molecule has 31 heavy (non-hydrogen) atoms. The summed E-state index contributed by atoms with van der Waals surface area (Å²) < 4.78 is 18.1. The molecule has 4 atom stereocenters. The average Bonchev–Trinajstić information content (AvgIpc) is 3.19. The molecule has 2 heterocycles. The smallest absolute Gasteiger partial charge is 0.166 e. The van der Waals surface area contributed by atoms with Gasteiger partial charge in [0.2, 0.25) is 0 Å². The molecule has 2 aliphatic heterocycles. The number of nitrogens with one attached hydrogen (secondary N) is 1. The fourth-order valence-electron chi connectivity index (χ4n) is 4.47. The van der Waals surface area contributed by atoms with Crippen LogP contribution in [0.5, 0.6) is 11.5 Å². The van der Waals surface area contributed by atoms with Gasteiger partial charge in [-0.3, -0.25) is 4.99 Å². The predicted molar refractivity (Wildman–Crippen MR) is 121 cm³/mol. The Morgan fingerprint density at radius 3 is 2.29 bits per heavy atom. The summed E-state index contributed by atoms with van der Waals surface area (Å²) in [6.07, 6.45) is -0.689. The SMILES string of the molecule is COC(C1=N[C@@](C)(c2ccccc2)[C@@H](c2ccccc2)N1)C1COc2ccccc2O1. The molecule has 0 spiro atoms. The molecule has 3 aromatic carbocycles. The maximum absolute atomic E-state index is 6.24. The van der Waals surface area contributed by atoms with Crippen LogP contribution in [0.2, 0.25) is 0 Å². The number of benzene rings is 3. The lowest BCUT2D eigenvalue weighted by atomic mass is 9.82. The van der Waals surface area contributed by atoms with Crippen LogP contribution < -0.4 is 14.8 Å². The third kappa shape index (κ3) is 3.55. The van der Waals surface area contributed by atoms with E-state index in [-0.39, 0.29) is 18.2 Å². The van der Waals surface area contributed by atoms with Gasteiger partial charge in [-0.05, 0) is 30.2 Å². The van der Waals surface area contributed by atoms with Crippen LogP contribution in [0, 0.1) is 0 Å². The van der Waals surface area contributed by atoms with Crippen molar-refractivity contribution in [3.05, 3.63) is 96.1 Å². The van der Waals surface area contributed by atoms with Crippen molar-refractivity contribution >= 4 is 5.84 Å². The van der Waals surface area contributed by atoms with Crippen LogP contribution in [0.15, 0.2) is 89.9 Å². The molecule has 1 N–H and O–H groups in total. The Balaban J connectivity index is 1.50. The Morgan fingerprint density at radius 2 is 1.58 bits per heavy atom. The summed E-state index contributed by atoms with van der Waals surface area (Å²) >= 11 is 0. The highest BCUT2D eigenvalue weighted by Gasteiger charge is 2.46. The molecule has 158 valence electrons. The lowest BCUT2D eigenvalue weighted by Gasteiger charge is -2.32. The number of fused-ring (bicyclic) bond motifs is 1. The van der Waals surface area contributed by atoms with E-state index in [1.54, 1.807) is 7.11 Å². The fraction of sp³-hybridized carbons (Fsp3) is 0.269. The monoisotopic (exact) mass is 414 g/mol. The number of para-hydroxylation sites is 2. The van der Waals surface area contributed by atoms with Crippen LogP contribution in [0.4, 0.5) is 0 Å². The van der Waals surface area contributed by atoms with Gasteiger partial charge in [-0.15, -0.1) is 0 Å². The molecule has 2 unspecified atom stereocenters. The number of aliphatic imine (C=N–C) groups is 1. The van der Waals surface area contributed by atoms with Gasteiger partial charge < -0.3 is 19.5 Å². The lowest BCUT2D eigenvalue weighted by molar-refractivity contribution is -0.00179. The molecule has 0 bridgehead atoms. The molecule has 0 saturated heterocycles. The zero-order chi connectivity index (χ0) is 21.3. The molecule has 0 aromatic heterocycles. The molecule has 0 radical (unpaired) electrons. The third-order valence-electron chi connectivity index (χ3n) is 6.09. The zero-order valence-corrected chi connectivity index (χ0v) is 17.7. The molecule has 5 rings (SSSR count). The van der Waals surface area contributed by atoms with Crippen molar-refractivity contribution in [3.8, 4) is 11.5 Å². The van der Waals surface area contributed by atoms with Crippen LogP contribution in [0.1, 0.15) is 24.1 Å². The van der Waals surface area contributed by atoms with E-state index in [0.717, 1.165) is 22.9 Å². The standard InChI is InChI=1S/C26H26N2O3/c1-26(19-13-7-4-8-14-19)24(18-11-5-3-6-12-18)27-25(28-26)23(29-2)22-17-30-20-15-9-10-16-21(20)31-22/h3-16,22-24H,17H2,1-2H3,(H,27,28)/t22?,23?,24-,26+/m1/s1. The minimum Gasteiger partial charge on any atom is -0.486 e. The molecule has 3 aromatic rings. The molecule has 0 amide bonds. The van der Waals surface area contributed by atoms with Crippen molar-refractivity contribution in [3.63, 3.8) is 0 Å². The van der Waals surface area contributed by atoms with Gasteiger partial charge in [-0.2, -0.15) is 0 Å². The van der Waals surface area contributed by atoms with Crippen molar-refractivity contribution in [1.82, 2.24) is 5.32 Å². The van der Waals surface area contributed by atoms with E-state index in [2.05, 4.69) is 60.8 Å². The van der Waals surface area contributed by atoms with Crippen molar-refractivity contribution in [1.29, 1.82) is 0 Å². The summed E-state index contributed by atoms with van der Waals surface area (Å²) in [5.41, 5.74) is 1.84. The first-order valence-corrected chi connectivity index (χ1v) is 10.6. The highest BCUT2D eigenvalue weighted by atomic mass is 16.6. The Hall–Kier alpha value is -3.31. The van der Waals surface area contributed by atoms with Gasteiger partial charge in [-0.25, -0.2) is 0 Å². The number of methoxy groups -OCH3 is 1. The van der Waals surface area contributed by atoms with Gasteiger partial charge in [0.25, 0.3) is 0 Å². The minimum atomic E-state index is -0.484. The van der Waals surface area contributed by atoms with E-state index < -0.39 is 5.54 Å². The van der Waals surface area contributed by atoms with E-state index in [1.165, 1.54) is 5.56 Å². The molecule has 5 heteroatoms. The second kappa shape index (κ2) is 8.08. The summed E-state index contributed by atoms with van der Waals surface area (Å²) in [7, 11) is 1.69. The first kappa shape index (κ1) is 19.6. The molecule has 2 aliphatic rings. The summed E-state index contributed by atoms with van der Waals surface area (Å²) in [5.74, 6) is 2.26. The number of hydrogen-bond acceptors (Lipinski definition) is 5. The van der Waals surface area contributed by atoms with Crippen LogP contribution in [-0.4, -0.2) is 31.8 Å². The van der Waals surface area contributed by atoms with Crippen molar-refractivity contribution in [2.75, 3.05) is 13.7 Å². The second-order valence-electron chi connectivity index (χ2n) is 8.07. The number of nitrogens with zero attached hydrogens (tertiary/aromatic N) is 1. The van der Waals surface area contributed by atoms with E-state index >= 15 is 0 Å². The highest BCUT2D eigenvalue weighted by Crippen LogP contribution is 2.43. The molecule has 0 fully saturated rings. The summed E-state index contributed by atoms with van der Waals surface area (Å²) in [6, 6.07) is 28.5. The van der Waals surface area contributed by atoms with Gasteiger partial charge in [0.1, 0.15) is 18.0 Å². The largest absolute Gasteiger partial charge is 0.486 e. The topological polar surface area (TPSA) is 52.1 Å². The summed E-state index contributed by atoms with van der Waals surface area (Å²) in [5, 5.41) is 3.66. The van der Waals surface area contributed by atoms with Gasteiger partial charge in [-0.1, -0.05) is 72.8 Å². The maximum atomic E-state index is 6.24. The molecule has 0 aliphatic carbocycles. The first-order valence-electron chi connectivity index (χ1n) is 10.6. The van der Waals surface area contributed by atoms with E-state index in [1.807, 2.05) is 36.4 Å². The van der Waals surface area contributed by atoms with Crippen LogP contribution in [-0.2, 0) is 10.3 Å². The van der Waals surface area contributed by atoms with Gasteiger partial charge in [0.05, 0.1) is 6.04 Å². The Labute approximate surface area is 182 Å². The van der Waals surface area contributed by atoms with Gasteiger partial charge >= 0.3 is 0 Å². The van der Waals surface area contributed by atoms with Crippen molar-refractivity contribution in [2.24, 2.45) is 4.99 Å². The van der Waals surface area contributed by atoms with Crippen molar-refractivity contribution in [2.45, 2.75) is 30.7 Å². The van der Waals surface area contributed by atoms with Crippen LogP contribution >= 0.6 is 0 Å². The van der Waals surface area contributed by atoms with Crippen LogP contribution in [0.3, 0.4) is 0 Å². The zero-order valence-electron chi connectivity index (χ0n) is 17.7. The minimum absolute atomic E-state index is 0.0273. The van der Waals surface area contributed by atoms with E-state index in [0.29, 0.717) is 6.61 Å². The van der Waals surface area contributed by atoms with E-state index in [4.69, 9.17) is 19.2 Å². The normalized spacial score (nSPS) is 25.4. The quantitative estimate of drug-likeness (QED) is 0.668. The molecular formula is C26H26N2O3. The second-order valence-corrected chi connectivity index (χ2v) is 8.07. The number of ether oxygens (including phenoxy) is 3. The maximum Gasteiger partial charge on any atom is 0.166 e. The first-order chi connectivity index (χ1) is 15.2. The van der Waals surface area contributed by atoms with E-state index in [9.17, 15) is 0 Å². The van der Waals surface area contributed by atoms with Gasteiger partial charge in [0.15, 0.2) is 23.7 Å². The summed E-state index contributed by atoms with van der Waals surface area (Å²) in [4.78, 5) is 5.20.